The smallest absolute Gasteiger partial charge is 0.412 e. The van der Waals surface area contributed by atoms with Gasteiger partial charge in [0.2, 0.25) is 0 Å². The molecule has 1 rings (SSSR count). The van der Waals surface area contributed by atoms with Gasteiger partial charge in [0.15, 0.2) is 6.10 Å². The van der Waals surface area contributed by atoms with Gasteiger partial charge in [0.25, 0.3) is 5.91 Å². The number of carbonyl (C=O) groups is 2. The van der Waals surface area contributed by atoms with Crippen molar-refractivity contribution in [3.8, 4) is 0 Å². The lowest BCUT2D eigenvalue weighted by Gasteiger charge is -2.19. The van der Waals surface area contributed by atoms with Crippen LogP contribution in [0.1, 0.15) is 20.3 Å². The van der Waals surface area contributed by atoms with Crippen molar-refractivity contribution in [1.82, 2.24) is 5.32 Å². The standard InChI is InChI=1S/C14H20BrN2O6P/c1-9(2)7-12(13(18)16-8-22-24(20)21)23-14(19)17-11-5-3-10(15)4-6-11/h3-6,9,12,24H,7-8H2,1-2H3,(H,16,18)(H,17,19)(H,20,21)/t12-/m0/s1. The summed E-state index contributed by atoms with van der Waals surface area (Å²) in [6, 6.07) is 6.86. The SMILES string of the molecule is CC(C)C[C@H](OC(=O)Nc1ccc(Br)cc1)C(=O)NCO[PH](=O)O. The highest BCUT2D eigenvalue weighted by Gasteiger charge is 2.24. The summed E-state index contributed by atoms with van der Waals surface area (Å²) in [5, 5.41) is 4.81. The highest BCUT2D eigenvalue weighted by atomic mass is 79.9. The van der Waals surface area contributed by atoms with Crippen molar-refractivity contribution < 1.29 is 28.3 Å². The number of benzene rings is 1. The van der Waals surface area contributed by atoms with Crippen LogP contribution in [0.4, 0.5) is 10.5 Å². The normalized spacial score (nSPS) is 13.2. The summed E-state index contributed by atoms with van der Waals surface area (Å²) < 4.78 is 20.9. The van der Waals surface area contributed by atoms with Gasteiger partial charge in [-0.2, -0.15) is 0 Å². The Balaban J connectivity index is 2.60. The van der Waals surface area contributed by atoms with Gasteiger partial charge in [0.1, 0.15) is 6.73 Å². The molecule has 1 unspecified atom stereocenters. The zero-order valence-electron chi connectivity index (χ0n) is 13.2. The largest absolute Gasteiger partial charge is 0.436 e. The molecule has 0 aliphatic heterocycles. The maximum atomic E-state index is 12.0. The molecule has 1 aromatic carbocycles. The molecule has 0 aliphatic carbocycles. The Kier molecular flexibility index (Phi) is 8.99. The van der Waals surface area contributed by atoms with Crippen molar-refractivity contribution in [2.45, 2.75) is 26.4 Å². The van der Waals surface area contributed by atoms with E-state index in [1.165, 1.54) is 0 Å². The molecular weight excluding hydrogens is 403 g/mol. The Morgan fingerprint density at radius 1 is 1.29 bits per heavy atom. The number of carbonyl (C=O) groups excluding carboxylic acids is 2. The molecule has 2 atom stereocenters. The van der Waals surface area contributed by atoms with E-state index in [0.29, 0.717) is 12.1 Å². The lowest BCUT2D eigenvalue weighted by atomic mass is 10.1. The van der Waals surface area contributed by atoms with E-state index in [2.05, 4.69) is 31.1 Å². The van der Waals surface area contributed by atoms with E-state index in [0.717, 1.165) is 4.47 Å². The summed E-state index contributed by atoms with van der Waals surface area (Å²) in [4.78, 5) is 32.5. The molecule has 3 N–H and O–H groups in total. The summed E-state index contributed by atoms with van der Waals surface area (Å²) in [6.45, 7) is 3.32. The first kappa shape index (κ1) is 20.6. The molecule has 0 aliphatic rings. The summed E-state index contributed by atoms with van der Waals surface area (Å²) in [5.41, 5.74) is 0.522. The number of hydrogen-bond donors (Lipinski definition) is 3. The fourth-order valence-corrected chi connectivity index (χ4v) is 2.19. The van der Waals surface area contributed by atoms with Crippen LogP contribution in [0.2, 0.25) is 0 Å². The van der Waals surface area contributed by atoms with Gasteiger partial charge in [-0.05, 0) is 36.6 Å². The summed E-state index contributed by atoms with van der Waals surface area (Å²) in [5.74, 6) is -0.503. The molecule has 0 fully saturated rings. The first-order valence-corrected chi connectivity index (χ1v) is 9.20. The Bertz CT molecular complexity index is 581. The summed E-state index contributed by atoms with van der Waals surface area (Å²) >= 11 is 3.29. The Morgan fingerprint density at radius 2 is 1.92 bits per heavy atom. The van der Waals surface area contributed by atoms with E-state index in [1.54, 1.807) is 24.3 Å². The van der Waals surface area contributed by atoms with E-state index in [1.807, 2.05) is 13.8 Å². The number of nitrogens with one attached hydrogen (secondary N) is 2. The van der Waals surface area contributed by atoms with Gasteiger partial charge in [-0.3, -0.25) is 19.2 Å². The fraction of sp³-hybridized carbons (Fsp3) is 0.429. The average Bonchev–Trinajstić information content (AvgIpc) is 2.48. The van der Waals surface area contributed by atoms with Gasteiger partial charge in [-0.1, -0.05) is 29.8 Å². The zero-order valence-corrected chi connectivity index (χ0v) is 15.8. The Morgan fingerprint density at radius 3 is 2.46 bits per heavy atom. The van der Waals surface area contributed by atoms with E-state index < -0.39 is 33.1 Å². The van der Waals surface area contributed by atoms with Gasteiger partial charge in [-0.25, -0.2) is 4.79 Å². The van der Waals surface area contributed by atoms with Crippen LogP contribution in [-0.2, 0) is 18.6 Å². The van der Waals surface area contributed by atoms with Crippen LogP contribution in [0.15, 0.2) is 28.7 Å². The highest BCUT2D eigenvalue weighted by Crippen LogP contribution is 2.16. The van der Waals surface area contributed by atoms with Crippen LogP contribution in [0, 0.1) is 5.92 Å². The van der Waals surface area contributed by atoms with Crippen LogP contribution in [0.25, 0.3) is 0 Å². The second-order valence-corrected chi connectivity index (χ2v) is 6.99. The lowest BCUT2D eigenvalue weighted by molar-refractivity contribution is -0.131. The number of anilines is 1. The molecular formula is C14H20BrN2O6P. The highest BCUT2D eigenvalue weighted by molar-refractivity contribution is 9.10. The lowest BCUT2D eigenvalue weighted by Crippen LogP contribution is -2.40. The number of amides is 2. The second kappa shape index (κ2) is 10.5. The van der Waals surface area contributed by atoms with E-state index in [4.69, 9.17) is 9.63 Å². The molecule has 2 amide bonds. The molecule has 24 heavy (non-hydrogen) atoms. The first-order valence-electron chi connectivity index (χ1n) is 7.14. The van der Waals surface area contributed by atoms with Gasteiger partial charge in [0, 0.05) is 10.2 Å². The maximum absolute atomic E-state index is 12.0. The third-order valence-electron chi connectivity index (χ3n) is 2.76. The topological polar surface area (TPSA) is 114 Å². The Hall–Kier alpha value is -1.41. The van der Waals surface area contributed by atoms with Crippen LogP contribution >= 0.6 is 24.2 Å². The van der Waals surface area contributed by atoms with Crippen LogP contribution in [0.5, 0.6) is 0 Å². The molecule has 134 valence electrons. The van der Waals surface area contributed by atoms with Crippen molar-refractivity contribution in [3.05, 3.63) is 28.7 Å². The Labute approximate surface area is 149 Å². The molecule has 1 aromatic rings. The predicted octanol–water partition coefficient (Wildman–Crippen LogP) is 2.88. The van der Waals surface area contributed by atoms with Gasteiger partial charge >= 0.3 is 14.3 Å². The number of halogens is 1. The zero-order chi connectivity index (χ0) is 18.1. The minimum Gasteiger partial charge on any atom is -0.436 e. The third-order valence-corrected chi connectivity index (χ3v) is 3.68. The monoisotopic (exact) mass is 422 g/mol. The van der Waals surface area contributed by atoms with Gasteiger partial charge < -0.3 is 14.9 Å². The van der Waals surface area contributed by atoms with Gasteiger partial charge in [0.05, 0.1) is 0 Å². The van der Waals surface area contributed by atoms with Crippen LogP contribution in [0.3, 0.4) is 0 Å². The van der Waals surface area contributed by atoms with E-state index in [9.17, 15) is 14.2 Å². The first-order chi connectivity index (χ1) is 11.3. The van der Waals surface area contributed by atoms with Crippen molar-refractivity contribution in [3.63, 3.8) is 0 Å². The maximum Gasteiger partial charge on any atom is 0.412 e. The summed E-state index contributed by atoms with van der Waals surface area (Å²) in [6.07, 6.45) is -1.51. The second-order valence-electron chi connectivity index (χ2n) is 5.25. The molecule has 0 bridgehead atoms. The van der Waals surface area contributed by atoms with E-state index in [-0.39, 0.29) is 5.92 Å². The molecule has 0 saturated heterocycles. The number of ether oxygens (including phenoxy) is 1. The number of rotatable bonds is 8. The molecule has 0 saturated carbocycles. The van der Waals surface area contributed by atoms with Crippen molar-refractivity contribution in [2.24, 2.45) is 5.92 Å². The molecule has 0 heterocycles. The van der Waals surface area contributed by atoms with Gasteiger partial charge in [-0.15, -0.1) is 0 Å². The average molecular weight is 423 g/mol. The van der Waals surface area contributed by atoms with Crippen molar-refractivity contribution >= 4 is 41.9 Å². The number of hydrogen-bond acceptors (Lipinski definition) is 5. The van der Waals surface area contributed by atoms with E-state index >= 15 is 0 Å². The van der Waals surface area contributed by atoms with Crippen molar-refractivity contribution in [2.75, 3.05) is 12.0 Å². The minimum absolute atomic E-state index is 0.0964. The quantitative estimate of drug-likeness (QED) is 0.438. The fourth-order valence-electron chi connectivity index (χ4n) is 1.73. The molecule has 10 heteroatoms. The molecule has 0 aromatic heterocycles. The molecule has 0 radical (unpaired) electrons. The third kappa shape index (κ3) is 8.44. The van der Waals surface area contributed by atoms with Crippen molar-refractivity contribution in [1.29, 1.82) is 0 Å². The van der Waals surface area contributed by atoms with Crippen LogP contribution in [-0.4, -0.2) is 29.7 Å². The molecule has 0 spiro atoms. The molecule has 8 nitrogen and oxygen atoms in total. The minimum atomic E-state index is -3.13. The predicted molar refractivity (Wildman–Crippen MR) is 92.8 cm³/mol. The van der Waals surface area contributed by atoms with Crippen LogP contribution < -0.4 is 10.6 Å². The summed E-state index contributed by atoms with van der Waals surface area (Å²) in [7, 11) is -3.13.